The number of aliphatic hydroxyl groups excluding tert-OH is 2. The Morgan fingerprint density at radius 1 is 1.36 bits per heavy atom. The van der Waals surface area contributed by atoms with Gasteiger partial charge < -0.3 is 15.1 Å². The number of nitriles is 1. The van der Waals surface area contributed by atoms with Crippen molar-refractivity contribution < 1.29 is 10.2 Å². The summed E-state index contributed by atoms with van der Waals surface area (Å²) in [5.41, 5.74) is -0.443. The highest BCUT2D eigenvalue weighted by Gasteiger charge is 2.23. The molecule has 0 unspecified atom stereocenters. The third-order valence-corrected chi connectivity index (χ3v) is 2.24. The van der Waals surface area contributed by atoms with Crippen molar-refractivity contribution in [1.29, 1.82) is 5.26 Å². The topological polar surface area (TPSA) is 67.5 Å². The Hall–Kier alpha value is -0.630. The predicted molar refractivity (Wildman–Crippen MR) is 54.6 cm³/mol. The first-order valence-electron chi connectivity index (χ1n) is 4.85. The van der Waals surface area contributed by atoms with Crippen LogP contribution in [0.3, 0.4) is 0 Å². The molecule has 4 nitrogen and oxygen atoms in total. The van der Waals surface area contributed by atoms with Crippen LogP contribution < -0.4 is 0 Å². The maximum Gasteiger partial charge on any atom is 0.0622 e. The molecule has 0 radical (unpaired) electrons. The zero-order chi connectivity index (χ0) is 11.0. The molecule has 0 bridgehead atoms. The molecule has 0 aromatic rings. The average molecular weight is 200 g/mol. The van der Waals surface area contributed by atoms with Crippen LogP contribution in [0.1, 0.15) is 19.8 Å². The highest BCUT2D eigenvalue weighted by atomic mass is 16.3. The largest absolute Gasteiger partial charge is 0.396 e. The Morgan fingerprint density at radius 2 is 1.93 bits per heavy atom. The minimum Gasteiger partial charge on any atom is -0.396 e. The molecule has 0 aromatic carbocycles. The lowest BCUT2D eigenvalue weighted by molar-refractivity contribution is 0.0419. The van der Waals surface area contributed by atoms with E-state index in [1.54, 1.807) is 0 Å². The van der Waals surface area contributed by atoms with Gasteiger partial charge in [0.15, 0.2) is 0 Å². The fourth-order valence-corrected chi connectivity index (χ4v) is 1.31. The van der Waals surface area contributed by atoms with Crippen molar-refractivity contribution in [2.24, 2.45) is 5.41 Å². The summed E-state index contributed by atoms with van der Waals surface area (Å²) in [6, 6.07) is 2.09. The Morgan fingerprint density at radius 3 is 2.36 bits per heavy atom. The first-order valence-corrected chi connectivity index (χ1v) is 4.85. The molecule has 0 atom stereocenters. The van der Waals surface area contributed by atoms with Crippen molar-refractivity contribution in [1.82, 2.24) is 4.90 Å². The summed E-state index contributed by atoms with van der Waals surface area (Å²) in [5, 5.41) is 26.5. The molecule has 0 rings (SSSR count). The molecule has 0 saturated heterocycles. The van der Waals surface area contributed by atoms with Crippen molar-refractivity contribution in [2.45, 2.75) is 19.8 Å². The zero-order valence-electron chi connectivity index (χ0n) is 9.03. The van der Waals surface area contributed by atoms with Crippen LogP contribution in [0.2, 0.25) is 0 Å². The quantitative estimate of drug-likeness (QED) is 0.577. The third kappa shape index (κ3) is 5.18. The molecule has 0 aromatic heterocycles. The normalized spacial score (nSPS) is 11.7. The lowest BCUT2D eigenvalue weighted by Gasteiger charge is -2.30. The van der Waals surface area contributed by atoms with Gasteiger partial charge in [-0.2, -0.15) is 5.26 Å². The van der Waals surface area contributed by atoms with Gasteiger partial charge >= 0.3 is 0 Å². The van der Waals surface area contributed by atoms with Crippen molar-refractivity contribution in [3.05, 3.63) is 0 Å². The van der Waals surface area contributed by atoms with Gasteiger partial charge in [-0.05, 0) is 20.0 Å². The van der Waals surface area contributed by atoms with E-state index in [1.807, 2.05) is 18.9 Å². The summed E-state index contributed by atoms with van der Waals surface area (Å²) in [7, 11) is 1.93. The van der Waals surface area contributed by atoms with Gasteiger partial charge in [-0.1, -0.05) is 6.92 Å². The number of aliphatic hydroxyl groups is 2. The van der Waals surface area contributed by atoms with Gasteiger partial charge in [-0.15, -0.1) is 0 Å². The average Bonchev–Trinajstić information content (AvgIpc) is 2.18. The van der Waals surface area contributed by atoms with Crippen LogP contribution in [0.15, 0.2) is 0 Å². The van der Waals surface area contributed by atoms with Gasteiger partial charge in [0, 0.05) is 18.4 Å². The fourth-order valence-electron chi connectivity index (χ4n) is 1.31. The molecule has 0 heterocycles. The first-order chi connectivity index (χ1) is 6.58. The number of hydrogen-bond donors (Lipinski definition) is 2. The molecular formula is C10H20N2O2. The molecule has 4 heteroatoms. The molecule has 82 valence electrons. The van der Waals surface area contributed by atoms with Gasteiger partial charge in [0.2, 0.25) is 0 Å². The maximum atomic E-state index is 9.07. The van der Waals surface area contributed by atoms with Crippen LogP contribution in [0.4, 0.5) is 0 Å². The minimum absolute atomic E-state index is 0.0217. The summed E-state index contributed by atoms with van der Waals surface area (Å²) in [4.78, 5) is 2.03. The van der Waals surface area contributed by atoms with Crippen LogP contribution in [-0.4, -0.2) is 48.5 Å². The summed E-state index contributed by atoms with van der Waals surface area (Å²) in [6.45, 7) is 3.26. The van der Waals surface area contributed by atoms with Crippen molar-refractivity contribution in [3.63, 3.8) is 0 Å². The van der Waals surface area contributed by atoms with Gasteiger partial charge in [-0.3, -0.25) is 0 Å². The standard InChI is InChI=1S/C10H20N2O2/c1-10(8-13,9-14)7-12(2)6-4-3-5-11/h13-14H,3-4,6-9H2,1-2H3. The maximum absolute atomic E-state index is 9.07. The highest BCUT2D eigenvalue weighted by Crippen LogP contribution is 2.15. The first kappa shape index (κ1) is 13.4. The van der Waals surface area contributed by atoms with E-state index in [2.05, 4.69) is 6.07 Å². The van der Waals surface area contributed by atoms with Crippen LogP contribution in [-0.2, 0) is 0 Å². The minimum atomic E-state index is -0.443. The fraction of sp³-hybridized carbons (Fsp3) is 0.900. The molecule has 0 saturated carbocycles. The summed E-state index contributed by atoms with van der Waals surface area (Å²) in [6.07, 6.45) is 1.39. The van der Waals surface area contributed by atoms with Gasteiger partial charge in [0.1, 0.15) is 0 Å². The van der Waals surface area contributed by atoms with E-state index in [9.17, 15) is 0 Å². The number of rotatable bonds is 7. The second kappa shape index (κ2) is 6.77. The van der Waals surface area contributed by atoms with E-state index in [0.29, 0.717) is 13.0 Å². The van der Waals surface area contributed by atoms with E-state index in [4.69, 9.17) is 15.5 Å². The monoisotopic (exact) mass is 200 g/mol. The molecule has 0 spiro atoms. The van der Waals surface area contributed by atoms with Crippen LogP contribution in [0.25, 0.3) is 0 Å². The second-order valence-electron chi connectivity index (χ2n) is 4.13. The van der Waals surface area contributed by atoms with E-state index in [1.165, 1.54) is 0 Å². The van der Waals surface area contributed by atoms with E-state index in [0.717, 1.165) is 13.0 Å². The Labute approximate surface area is 85.8 Å². The van der Waals surface area contributed by atoms with E-state index >= 15 is 0 Å². The molecule has 14 heavy (non-hydrogen) atoms. The highest BCUT2D eigenvalue weighted by molar-refractivity contribution is 4.76. The van der Waals surface area contributed by atoms with Crippen LogP contribution in [0.5, 0.6) is 0 Å². The Kier molecular flexibility index (Phi) is 6.46. The lowest BCUT2D eigenvalue weighted by Crippen LogP contribution is -2.39. The molecule has 0 fully saturated rings. The molecule has 2 N–H and O–H groups in total. The van der Waals surface area contributed by atoms with Crippen LogP contribution >= 0.6 is 0 Å². The van der Waals surface area contributed by atoms with E-state index in [-0.39, 0.29) is 13.2 Å². The SMILES string of the molecule is CN(CCCC#N)CC(C)(CO)CO. The molecular weight excluding hydrogens is 180 g/mol. The molecule has 0 aliphatic carbocycles. The Balaban J connectivity index is 3.80. The second-order valence-corrected chi connectivity index (χ2v) is 4.13. The lowest BCUT2D eigenvalue weighted by atomic mass is 9.92. The summed E-state index contributed by atoms with van der Waals surface area (Å²) >= 11 is 0. The van der Waals surface area contributed by atoms with Crippen molar-refractivity contribution in [3.8, 4) is 6.07 Å². The molecule has 0 amide bonds. The third-order valence-electron chi connectivity index (χ3n) is 2.24. The summed E-state index contributed by atoms with van der Waals surface area (Å²) in [5.74, 6) is 0. The molecule has 0 aliphatic rings. The number of unbranched alkanes of at least 4 members (excludes halogenated alkanes) is 1. The van der Waals surface area contributed by atoms with Gasteiger partial charge in [0.25, 0.3) is 0 Å². The van der Waals surface area contributed by atoms with E-state index < -0.39 is 5.41 Å². The predicted octanol–water partition coefficient (Wildman–Crippen LogP) is 0.213. The van der Waals surface area contributed by atoms with Crippen molar-refractivity contribution in [2.75, 3.05) is 33.4 Å². The number of nitrogens with zero attached hydrogens (tertiary/aromatic N) is 2. The molecule has 0 aliphatic heterocycles. The zero-order valence-corrected chi connectivity index (χ0v) is 9.03. The summed E-state index contributed by atoms with van der Waals surface area (Å²) < 4.78 is 0. The smallest absolute Gasteiger partial charge is 0.0622 e. The Bertz CT molecular complexity index is 185. The van der Waals surface area contributed by atoms with Crippen molar-refractivity contribution >= 4 is 0 Å². The van der Waals surface area contributed by atoms with Crippen LogP contribution in [0, 0.1) is 16.7 Å². The van der Waals surface area contributed by atoms with Gasteiger partial charge in [0.05, 0.1) is 19.3 Å². The van der Waals surface area contributed by atoms with Gasteiger partial charge in [-0.25, -0.2) is 0 Å². The number of hydrogen-bond acceptors (Lipinski definition) is 4.